The van der Waals surface area contributed by atoms with E-state index in [0.717, 1.165) is 71.3 Å². The molecule has 0 aromatic heterocycles. The summed E-state index contributed by atoms with van der Waals surface area (Å²) >= 11 is 0. The van der Waals surface area contributed by atoms with Gasteiger partial charge in [-0.1, -0.05) is 42.8 Å². The number of rotatable bonds is 11. The molecule has 6 nitrogen and oxygen atoms in total. The molecule has 186 valence electrons. The number of carbonyl (C=O) groups excluding carboxylic acids is 1. The molecular weight excluding hydrogens is 454 g/mol. The van der Waals surface area contributed by atoms with E-state index in [2.05, 4.69) is 47.8 Å². The van der Waals surface area contributed by atoms with Gasteiger partial charge in [-0.05, 0) is 82.4 Å². The maximum atomic E-state index is 11.3. The highest BCUT2D eigenvalue weighted by Crippen LogP contribution is 2.40. The van der Waals surface area contributed by atoms with Gasteiger partial charge in [-0.25, -0.2) is 0 Å². The van der Waals surface area contributed by atoms with Crippen LogP contribution in [-0.2, 0) is 22.7 Å². The first-order valence-corrected chi connectivity index (χ1v) is 12.4. The fraction of sp³-hybridized carbons (Fsp3) is 0.300. The number of unbranched alkanes of at least 4 members (excludes halogenated alkanes) is 2. The fourth-order valence-electron chi connectivity index (χ4n) is 4.60. The molecule has 0 unspecified atom stereocenters. The summed E-state index contributed by atoms with van der Waals surface area (Å²) in [6.45, 7) is 2.41. The minimum Gasteiger partial charge on any atom is -0.489 e. The molecule has 1 aliphatic heterocycles. The van der Waals surface area contributed by atoms with Gasteiger partial charge in [0.2, 0.25) is 6.79 Å². The molecule has 0 bridgehead atoms. The molecule has 0 radical (unpaired) electrons. The molecule has 1 heterocycles. The van der Waals surface area contributed by atoms with Gasteiger partial charge in [0, 0.05) is 13.0 Å². The van der Waals surface area contributed by atoms with E-state index in [4.69, 9.17) is 18.9 Å². The third kappa shape index (κ3) is 5.55. The topological polar surface area (TPSA) is 66.0 Å². The van der Waals surface area contributed by atoms with Gasteiger partial charge >= 0.3 is 5.97 Å². The summed E-state index contributed by atoms with van der Waals surface area (Å²) in [5.74, 6) is 2.25. The first-order valence-electron chi connectivity index (χ1n) is 12.4. The molecule has 6 heteroatoms. The standard InChI is InChI=1S/C30H31NO5/c1-33-30(32)10-6-3-7-13-31-18-23-14-22-15-28-29(36-20-35-28)17-26(22)27-16-24(11-12-25(23)27)34-19-21-8-4-2-5-9-21/h2,4-5,8-9,11-12,14-17,31H,3,6-7,10,13,18-20H2,1H3. The maximum Gasteiger partial charge on any atom is 0.305 e. The molecule has 0 fully saturated rings. The molecule has 0 atom stereocenters. The number of benzene rings is 4. The first-order chi connectivity index (χ1) is 17.7. The minimum atomic E-state index is -0.140. The van der Waals surface area contributed by atoms with E-state index in [1.54, 1.807) is 0 Å². The Balaban J connectivity index is 1.35. The second-order valence-electron chi connectivity index (χ2n) is 9.01. The fourth-order valence-corrected chi connectivity index (χ4v) is 4.60. The molecular formula is C30H31NO5. The summed E-state index contributed by atoms with van der Waals surface area (Å²) in [6.07, 6.45) is 3.34. The normalized spacial score (nSPS) is 12.2. The Bertz CT molecular complexity index is 1350. The number of ether oxygens (including phenoxy) is 4. The molecule has 36 heavy (non-hydrogen) atoms. The van der Waals surface area contributed by atoms with Crippen molar-refractivity contribution in [2.75, 3.05) is 20.4 Å². The van der Waals surface area contributed by atoms with Gasteiger partial charge in [-0.3, -0.25) is 4.79 Å². The second-order valence-corrected chi connectivity index (χ2v) is 9.01. The molecule has 0 amide bonds. The van der Waals surface area contributed by atoms with E-state index < -0.39 is 0 Å². The number of hydrogen-bond donors (Lipinski definition) is 1. The predicted octanol–water partition coefficient (Wildman–Crippen LogP) is 6.12. The van der Waals surface area contributed by atoms with Crippen LogP contribution in [0.15, 0.2) is 66.7 Å². The van der Waals surface area contributed by atoms with Gasteiger partial charge in [0.15, 0.2) is 11.5 Å². The number of nitrogens with one attached hydrogen (secondary N) is 1. The van der Waals surface area contributed by atoms with Crippen LogP contribution in [0.2, 0.25) is 0 Å². The number of carbonyl (C=O) groups is 1. The van der Waals surface area contributed by atoms with Gasteiger partial charge in [0.25, 0.3) is 0 Å². The number of hydrogen-bond acceptors (Lipinski definition) is 6. The lowest BCUT2D eigenvalue weighted by Gasteiger charge is -2.14. The molecule has 5 rings (SSSR count). The smallest absolute Gasteiger partial charge is 0.305 e. The minimum absolute atomic E-state index is 0.140. The lowest BCUT2D eigenvalue weighted by Crippen LogP contribution is -2.15. The Morgan fingerprint density at radius 3 is 2.56 bits per heavy atom. The molecule has 0 aliphatic carbocycles. The van der Waals surface area contributed by atoms with E-state index in [1.807, 2.05) is 24.3 Å². The largest absolute Gasteiger partial charge is 0.489 e. The quantitative estimate of drug-likeness (QED) is 0.157. The van der Waals surface area contributed by atoms with Crippen LogP contribution in [0.3, 0.4) is 0 Å². The van der Waals surface area contributed by atoms with E-state index in [-0.39, 0.29) is 12.8 Å². The summed E-state index contributed by atoms with van der Waals surface area (Å²) in [5, 5.41) is 8.12. The zero-order chi connectivity index (χ0) is 24.7. The van der Waals surface area contributed by atoms with E-state index >= 15 is 0 Å². The van der Waals surface area contributed by atoms with Crippen LogP contribution in [-0.4, -0.2) is 26.4 Å². The van der Waals surface area contributed by atoms with E-state index in [1.165, 1.54) is 18.1 Å². The van der Waals surface area contributed by atoms with Crippen LogP contribution >= 0.6 is 0 Å². The Morgan fingerprint density at radius 2 is 1.72 bits per heavy atom. The lowest BCUT2D eigenvalue weighted by molar-refractivity contribution is -0.140. The molecule has 4 aromatic rings. The molecule has 0 saturated heterocycles. The average Bonchev–Trinajstić information content (AvgIpc) is 3.38. The summed E-state index contributed by atoms with van der Waals surface area (Å²) in [7, 11) is 1.43. The maximum absolute atomic E-state index is 11.3. The van der Waals surface area contributed by atoms with E-state index in [9.17, 15) is 4.79 Å². The van der Waals surface area contributed by atoms with Crippen molar-refractivity contribution in [2.45, 2.75) is 38.8 Å². The summed E-state index contributed by atoms with van der Waals surface area (Å²) in [6, 6.07) is 22.9. The van der Waals surface area contributed by atoms with Crippen molar-refractivity contribution in [2.24, 2.45) is 0 Å². The Morgan fingerprint density at radius 1 is 0.889 bits per heavy atom. The van der Waals surface area contributed by atoms with Gasteiger partial charge in [-0.15, -0.1) is 0 Å². The summed E-state index contributed by atoms with van der Waals surface area (Å²) < 4.78 is 22.1. The summed E-state index contributed by atoms with van der Waals surface area (Å²) in [4.78, 5) is 11.3. The zero-order valence-corrected chi connectivity index (χ0v) is 20.5. The monoisotopic (exact) mass is 485 g/mol. The van der Waals surface area contributed by atoms with Crippen molar-refractivity contribution in [1.29, 1.82) is 0 Å². The molecule has 1 N–H and O–H groups in total. The highest BCUT2D eigenvalue weighted by Gasteiger charge is 2.17. The van der Waals surface area contributed by atoms with Crippen molar-refractivity contribution < 1.29 is 23.7 Å². The highest BCUT2D eigenvalue weighted by molar-refractivity contribution is 6.10. The van der Waals surface area contributed by atoms with Gasteiger partial charge in [-0.2, -0.15) is 0 Å². The second kappa shape index (κ2) is 11.3. The van der Waals surface area contributed by atoms with Crippen LogP contribution in [0.25, 0.3) is 21.5 Å². The lowest BCUT2D eigenvalue weighted by atomic mass is 9.96. The third-order valence-electron chi connectivity index (χ3n) is 6.53. The third-order valence-corrected chi connectivity index (χ3v) is 6.53. The van der Waals surface area contributed by atoms with Crippen molar-refractivity contribution in [3.63, 3.8) is 0 Å². The van der Waals surface area contributed by atoms with Crippen LogP contribution in [0.4, 0.5) is 0 Å². The van der Waals surface area contributed by atoms with Crippen LogP contribution in [0.1, 0.15) is 36.8 Å². The van der Waals surface area contributed by atoms with Crippen molar-refractivity contribution in [1.82, 2.24) is 5.32 Å². The first kappa shape index (κ1) is 23.9. The molecule has 1 aliphatic rings. The van der Waals surface area contributed by atoms with Crippen LogP contribution in [0, 0.1) is 0 Å². The Kier molecular flexibility index (Phi) is 7.52. The number of methoxy groups -OCH3 is 1. The average molecular weight is 486 g/mol. The van der Waals surface area contributed by atoms with Crippen molar-refractivity contribution >= 4 is 27.5 Å². The Labute approximate surface area is 211 Å². The Hall–Kier alpha value is -3.77. The van der Waals surface area contributed by atoms with Crippen molar-refractivity contribution in [3.05, 3.63) is 77.9 Å². The molecule has 0 spiro atoms. The SMILES string of the molecule is COC(=O)CCCCCNCc1cc2cc3c(cc2c2cc(OCc4ccccc4)ccc12)OCO3. The van der Waals surface area contributed by atoms with Gasteiger partial charge in [0.05, 0.1) is 7.11 Å². The number of fused-ring (bicyclic) bond motifs is 4. The van der Waals surface area contributed by atoms with Gasteiger partial charge < -0.3 is 24.3 Å². The number of esters is 1. The van der Waals surface area contributed by atoms with Crippen LogP contribution in [0.5, 0.6) is 17.2 Å². The predicted molar refractivity (Wildman–Crippen MR) is 141 cm³/mol. The molecule has 4 aromatic carbocycles. The van der Waals surface area contributed by atoms with Crippen LogP contribution < -0.4 is 19.5 Å². The zero-order valence-electron chi connectivity index (χ0n) is 20.5. The summed E-state index contributed by atoms with van der Waals surface area (Å²) in [5.41, 5.74) is 2.36. The highest BCUT2D eigenvalue weighted by atomic mass is 16.7. The molecule has 0 saturated carbocycles. The van der Waals surface area contributed by atoms with Gasteiger partial charge in [0.1, 0.15) is 12.4 Å². The van der Waals surface area contributed by atoms with E-state index in [0.29, 0.717) is 13.0 Å². The van der Waals surface area contributed by atoms with Crippen molar-refractivity contribution in [3.8, 4) is 17.2 Å².